The van der Waals surface area contributed by atoms with Gasteiger partial charge in [0, 0.05) is 45.8 Å². The predicted molar refractivity (Wildman–Crippen MR) is 105 cm³/mol. The molecule has 0 saturated heterocycles. The Morgan fingerprint density at radius 3 is 2.54 bits per heavy atom. The Morgan fingerprint density at radius 1 is 1.12 bits per heavy atom. The number of nitrogens with one attached hydrogen (secondary N) is 2. The van der Waals surface area contributed by atoms with Crippen LogP contribution in [0.1, 0.15) is 6.92 Å². The molecule has 26 heavy (non-hydrogen) atoms. The first kappa shape index (κ1) is 18.4. The van der Waals surface area contributed by atoms with Crippen LogP contribution in [0.4, 0.5) is 17.5 Å². The molecule has 2 aromatic heterocycles. The van der Waals surface area contributed by atoms with E-state index in [1.807, 2.05) is 19.1 Å². The van der Waals surface area contributed by atoms with Gasteiger partial charge in [0.2, 0.25) is 5.95 Å². The van der Waals surface area contributed by atoms with Crippen molar-refractivity contribution in [1.82, 2.24) is 15.0 Å². The molecule has 2 heterocycles. The van der Waals surface area contributed by atoms with Gasteiger partial charge in [0.15, 0.2) is 0 Å². The molecule has 3 rings (SSSR count). The van der Waals surface area contributed by atoms with Gasteiger partial charge in [-0.3, -0.25) is 4.98 Å². The fourth-order valence-corrected chi connectivity index (χ4v) is 2.80. The van der Waals surface area contributed by atoms with Gasteiger partial charge in [0.05, 0.1) is 12.3 Å². The topological polar surface area (TPSA) is 83.0 Å². The number of rotatable bonds is 6. The second kappa shape index (κ2) is 8.31. The molecule has 0 aliphatic carbocycles. The van der Waals surface area contributed by atoms with Crippen LogP contribution in [0.5, 0.6) is 0 Å². The second-order valence-electron chi connectivity index (χ2n) is 5.71. The molecule has 0 radical (unpaired) electrons. The molecule has 3 aromatic rings. The molecule has 1 atom stereocenters. The first-order chi connectivity index (χ1) is 12.5. The third-order valence-corrected chi connectivity index (χ3v) is 3.90. The Labute approximate surface area is 161 Å². The van der Waals surface area contributed by atoms with Crippen LogP contribution < -0.4 is 10.6 Å². The molecule has 8 heteroatoms. The second-order valence-corrected chi connectivity index (χ2v) is 6.59. The van der Waals surface area contributed by atoms with Crippen molar-refractivity contribution in [3.63, 3.8) is 0 Å². The highest BCUT2D eigenvalue weighted by atomic mass is 35.5. The Kier molecular flexibility index (Phi) is 5.88. The molecular formula is C18H17Cl2N5O. The Hall–Kier alpha value is -2.41. The lowest BCUT2D eigenvalue weighted by molar-refractivity contribution is 0.281. The van der Waals surface area contributed by atoms with Crippen LogP contribution in [0.2, 0.25) is 10.0 Å². The molecule has 6 nitrogen and oxygen atoms in total. The van der Waals surface area contributed by atoms with Gasteiger partial charge in [-0.1, -0.05) is 23.2 Å². The highest BCUT2D eigenvalue weighted by Crippen LogP contribution is 2.27. The van der Waals surface area contributed by atoms with Crippen LogP contribution in [-0.2, 0) is 0 Å². The molecule has 0 spiro atoms. The number of aliphatic hydroxyl groups is 1. The summed E-state index contributed by atoms with van der Waals surface area (Å²) in [5, 5.41) is 16.6. The van der Waals surface area contributed by atoms with Gasteiger partial charge in [-0.25, -0.2) is 4.98 Å². The van der Waals surface area contributed by atoms with E-state index in [1.54, 1.807) is 36.7 Å². The number of aliphatic hydroxyl groups excluding tert-OH is 1. The summed E-state index contributed by atoms with van der Waals surface area (Å²) >= 11 is 12.1. The van der Waals surface area contributed by atoms with Crippen molar-refractivity contribution in [3.05, 3.63) is 58.8 Å². The number of aromatic nitrogens is 3. The molecule has 3 N–H and O–H groups in total. The lowest BCUT2D eigenvalue weighted by Gasteiger charge is -2.14. The number of nitrogens with zero attached hydrogens (tertiary/aromatic N) is 3. The Bertz CT molecular complexity index is 872. The number of hydrogen-bond donors (Lipinski definition) is 3. The first-order valence-corrected chi connectivity index (χ1v) is 8.69. The summed E-state index contributed by atoms with van der Waals surface area (Å²) in [5.74, 6) is 0.952. The summed E-state index contributed by atoms with van der Waals surface area (Å²) in [6.07, 6.45) is 3.42. The number of pyridine rings is 1. The van der Waals surface area contributed by atoms with E-state index in [4.69, 9.17) is 23.2 Å². The highest BCUT2D eigenvalue weighted by molar-refractivity contribution is 6.35. The summed E-state index contributed by atoms with van der Waals surface area (Å²) in [5.41, 5.74) is 2.25. The van der Waals surface area contributed by atoms with Gasteiger partial charge in [-0.2, -0.15) is 4.98 Å². The maximum atomic E-state index is 9.27. The van der Waals surface area contributed by atoms with Crippen molar-refractivity contribution >= 4 is 40.7 Å². The smallest absolute Gasteiger partial charge is 0.225 e. The Balaban J connectivity index is 1.98. The third-order valence-electron chi connectivity index (χ3n) is 3.47. The van der Waals surface area contributed by atoms with Crippen molar-refractivity contribution in [2.45, 2.75) is 13.0 Å². The van der Waals surface area contributed by atoms with Crippen LogP contribution in [-0.4, -0.2) is 32.7 Å². The van der Waals surface area contributed by atoms with Crippen molar-refractivity contribution in [2.24, 2.45) is 0 Å². The lowest BCUT2D eigenvalue weighted by Crippen LogP contribution is -2.21. The fraction of sp³-hybridized carbons (Fsp3) is 0.167. The SMILES string of the molecule is C[C@@H](CO)Nc1nc(Nc2cc(Cl)cc(Cl)c2)cc(-c2cccnc2)n1. The number of hydrogen-bond acceptors (Lipinski definition) is 6. The van der Waals surface area contributed by atoms with Gasteiger partial charge < -0.3 is 15.7 Å². The van der Waals surface area contributed by atoms with Crippen molar-refractivity contribution in [1.29, 1.82) is 0 Å². The van der Waals surface area contributed by atoms with E-state index >= 15 is 0 Å². The summed E-state index contributed by atoms with van der Waals surface area (Å²) in [6, 6.07) is 10.5. The van der Waals surface area contributed by atoms with Crippen LogP contribution >= 0.6 is 23.2 Å². The summed E-state index contributed by atoms with van der Waals surface area (Å²) in [6.45, 7) is 1.80. The van der Waals surface area contributed by atoms with Crippen LogP contribution in [0, 0.1) is 0 Å². The van der Waals surface area contributed by atoms with Crippen LogP contribution in [0.25, 0.3) is 11.3 Å². The van der Waals surface area contributed by atoms with E-state index in [0.29, 0.717) is 33.2 Å². The zero-order valence-corrected chi connectivity index (χ0v) is 15.5. The monoisotopic (exact) mass is 389 g/mol. The average molecular weight is 390 g/mol. The van der Waals surface area contributed by atoms with E-state index in [1.165, 1.54) is 0 Å². The molecule has 0 amide bonds. The minimum absolute atomic E-state index is 0.0346. The van der Waals surface area contributed by atoms with Crippen molar-refractivity contribution in [2.75, 3.05) is 17.2 Å². The molecule has 0 saturated carbocycles. The summed E-state index contributed by atoms with van der Waals surface area (Å²) < 4.78 is 0. The molecule has 0 aliphatic rings. The Morgan fingerprint density at radius 2 is 1.88 bits per heavy atom. The fourth-order valence-electron chi connectivity index (χ4n) is 2.28. The minimum Gasteiger partial charge on any atom is -0.394 e. The number of benzene rings is 1. The van der Waals surface area contributed by atoms with E-state index in [-0.39, 0.29) is 12.6 Å². The first-order valence-electron chi connectivity index (χ1n) is 7.93. The third kappa shape index (κ3) is 4.82. The van der Waals surface area contributed by atoms with Crippen molar-refractivity contribution < 1.29 is 5.11 Å². The highest BCUT2D eigenvalue weighted by Gasteiger charge is 2.10. The zero-order valence-electron chi connectivity index (χ0n) is 13.9. The summed E-state index contributed by atoms with van der Waals surface area (Å²) in [7, 11) is 0. The van der Waals surface area contributed by atoms with E-state index in [0.717, 1.165) is 5.56 Å². The maximum Gasteiger partial charge on any atom is 0.225 e. The van der Waals surface area contributed by atoms with Gasteiger partial charge in [0.25, 0.3) is 0 Å². The number of halogens is 2. The van der Waals surface area contributed by atoms with Gasteiger partial charge >= 0.3 is 0 Å². The van der Waals surface area contributed by atoms with Gasteiger partial charge in [-0.05, 0) is 37.3 Å². The zero-order chi connectivity index (χ0) is 18.5. The largest absolute Gasteiger partial charge is 0.394 e. The summed E-state index contributed by atoms with van der Waals surface area (Å²) in [4.78, 5) is 13.1. The standard InChI is InChI=1S/C18H17Cl2N5O/c1-11(10-26)22-18-24-16(12-3-2-4-21-9-12)8-17(25-18)23-15-6-13(19)5-14(20)7-15/h2-9,11,26H,10H2,1H3,(H2,22,23,24,25)/t11-/m0/s1. The minimum atomic E-state index is -0.187. The predicted octanol–water partition coefficient (Wildman–Crippen LogP) is 4.38. The maximum absolute atomic E-state index is 9.27. The molecule has 1 aromatic carbocycles. The molecule has 0 unspecified atom stereocenters. The van der Waals surface area contributed by atoms with Gasteiger partial charge in [-0.15, -0.1) is 0 Å². The van der Waals surface area contributed by atoms with Crippen molar-refractivity contribution in [3.8, 4) is 11.3 Å². The van der Waals surface area contributed by atoms with Crippen LogP contribution in [0.15, 0.2) is 48.8 Å². The van der Waals surface area contributed by atoms with Crippen LogP contribution in [0.3, 0.4) is 0 Å². The number of anilines is 3. The molecule has 0 fully saturated rings. The van der Waals surface area contributed by atoms with E-state index in [9.17, 15) is 5.11 Å². The quantitative estimate of drug-likeness (QED) is 0.579. The van der Waals surface area contributed by atoms with E-state index < -0.39 is 0 Å². The molecule has 0 aliphatic heterocycles. The van der Waals surface area contributed by atoms with E-state index in [2.05, 4.69) is 25.6 Å². The van der Waals surface area contributed by atoms with Gasteiger partial charge in [0.1, 0.15) is 5.82 Å². The molecule has 134 valence electrons. The normalized spacial score (nSPS) is 11.8. The molecule has 0 bridgehead atoms. The average Bonchev–Trinajstić information content (AvgIpc) is 2.61. The molecular weight excluding hydrogens is 373 g/mol. The lowest BCUT2D eigenvalue weighted by atomic mass is 10.2.